The second-order valence-electron chi connectivity index (χ2n) is 3.24. The lowest BCUT2D eigenvalue weighted by Gasteiger charge is -2.06. The fourth-order valence-electron chi connectivity index (χ4n) is 1.27. The van der Waals surface area contributed by atoms with Gasteiger partial charge in [0.25, 0.3) is 0 Å². The van der Waals surface area contributed by atoms with Gasteiger partial charge in [-0.3, -0.25) is 0 Å². The third kappa shape index (κ3) is 4.49. The molecule has 0 aliphatic heterocycles. The molecule has 0 bridgehead atoms. The van der Waals surface area contributed by atoms with Crippen molar-refractivity contribution < 1.29 is 0 Å². The zero-order valence-electron chi connectivity index (χ0n) is 8.91. The summed E-state index contributed by atoms with van der Waals surface area (Å²) in [5, 5.41) is 7.61. The average molecular weight is 177 g/mol. The van der Waals surface area contributed by atoms with E-state index in [0.717, 1.165) is 24.0 Å². The molecule has 0 aromatic rings. The van der Waals surface area contributed by atoms with Crippen molar-refractivity contribution in [1.29, 1.82) is 5.41 Å². The van der Waals surface area contributed by atoms with Gasteiger partial charge in [-0.25, -0.2) is 0 Å². The van der Waals surface area contributed by atoms with Crippen LogP contribution in [0.5, 0.6) is 0 Å². The Kier molecular flexibility index (Phi) is 5.92. The second kappa shape index (κ2) is 6.45. The van der Waals surface area contributed by atoms with E-state index in [9.17, 15) is 0 Å². The summed E-state index contributed by atoms with van der Waals surface area (Å²) >= 11 is 0. The fraction of sp³-hybridized carbons (Fsp3) is 0.500. The highest BCUT2D eigenvalue weighted by atomic mass is 14.4. The Bertz CT molecular complexity index is 252. The van der Waals surface area contributed by atoms with E-state index in [4.69, 9.17) is 5.41 Å². The maximum absolute atomic E-state index is 7.61. The molecule has 0 amide bonds. The van der Waals surface area contributed by atoms with Crippen molar-refractivity contribution in [2.75, 3.05) is 0 Å². The van der Waals surface area contributed by atoms with Crippen molar-refractivity contribution in [3.8, 4) is 0 Å². The molecule has 1 nitrogen and oxygen atoms in total. The van der Waals surface area contributed by atoms with Crippen molar-refractivity contribution in [2.45, 2.75) is 40.0 Å². The van der Waals surface area contributed by atoms with Gasteiger partial charge in [0, 0.05) is 5.71 Å². The van der Waals surface area contributed by atoms with Gasteiger partial charge in [-0.05, 0) is 43.9 Å². The number of unbranched alkanes of at least 4 members (excludes halogenated alkanes) is 1. The van der Waals surface area contributed by atoms with Crippen LogP contribution in [0.1, 0.15) is 40.0 Å². The molecule has 0 aromatic carbocycles. The van der Waals surface area contributed by atoms with Crippen LogP contribution in [-0.4, -0.2) is 5.71 Å². The van der Waals surface area contributed by atoms with Crippen LogP contribution in [-0.2, 0) is 0 Å². The summed E-state index contributed by atoms with van der Waals surface area (Å²) in [5.41, 5.74) is 5.67. The molecule has 0 rings (SSSR count). The number of nitrogens with one attached hydrogen (secondary N) is 1. The van der Waals surface area contributed by atoms with E-state index in [1.807, 2.05) is 19.9 Å². The number of allylic oxidation sites excluding steroid dienone is 3. The predicted octanol–water partition coefficient (Wildman–Crippen LogP) is 3.87. The molecular formula is C12H19N. The minimum absolute atomic E-state index is 0.664. The van der Waals surface area contributed by atoms with Crippen LogP contribution in [0.15, 0.2) is 29.5 Å². The van der Waals surface area contributed by atoms with E-state index in [-0.39, 0.29) is 0 Å². The molecule has 0 heterocycles. The first-order valence-corrected chi connectivity index (χ1v) is 4.74. The lowest BCUT2D eigenvalue weighted by molar-refractivity contribution is 0.798. The molecule has 0 aliphatic carbocycles. The van der Waals surface area contributed by atoms with E-state index in [0.29, 0.717) is 5.71 Å². The summed E-state index contributed by atoms with van der Waals surface area (Å²) in [6, 6.07) is 0. The lowest BCUT2D eigenvalue weighted by Crippen LogP contribution is -1.98. The lowest BCUT2D eigenvalue weighted by atomic mass is 9.99. The molecule has 0 aliphatic rings. The molecule has 0 unspecified atom stereocenters. The second-order valence-corrected chi connectivity index (χ2v) is 3.24. The van der Waals surface area contributed by atoms with E-state index >= 15 is 0 Å². The van der Waals surface area contributed by atoms with Gasteiger partial charge in [-0.2, -0.15) is 0 Å². The van der Waals surface area contributed by atoms with Crippen LogP contribution >= 0.6 is 0 Å². The Morgan fingerprint density at radius 2 is 2.08 bits per heavy atom. The van der Waals surface area contributed by atoms with Crippen LogP contribution < -0.4 is 0 Å². The van der Waals surface area contributed by atoms with Gasteiger partial charge in [0.15, 0.2) is 0 Å². The molecule has 0 aromatic heterocycles. The SMILES string of the molecule is C=C=CC(C)=C(CCCC)C(C)=N. The topological polar surface area (TPSA) is 23.9 Å². The molecule has 0 saturated heterocycles. The maximum atomic E-state index is 7.61. The van der Waals surface area contributed by atoms with E-state index < -0.39 is 0 Å². The van der Waals surface area contributed by atoms with Crippen molar-refractivity contribution >= 4 is 5.71 Å². The summed E-state index contributed by atoms with van der Waals surface area (Å²) in [6.07, 6.45) is 5.16. The van der Waals surface area contributed by atoms with Crippen molar-refractivity contribution in [2.24, 2.45) is 0 Å². The highest BCUT2D eigenvalue weighted by Crippen LogP contribution is 2.14. The Hall–Kier alpha value is -1.07. The molecule has 0 saturated carbocycles. The molecule has 1 N–H and O–H groups in total. The van der Waals surface area contributed by atoms with Gasteiger partial charge in [-0.15, -0.1) is 5.73 Å². The first-order chi connectivity index (χ1) is 6.13. The Morgan fingerprint density at radius 3 is 2.46 bits per heavy atom. The summed E-state index contributed by atoms with van der Waals surface area (Å²) < 4.78 is 0. The van der Waals surface area contributed by atoms with Crippen LogP contribution in [0, 0.1) is 5.41 Å². The summed E-state index contributed by atoms with van der Waals surface area (Å²) in [5.74, 6) is 0. The van der Waals surface area contributed by atoms with Crippen molar-refractivity contribution in [3.05, 3.63) is 29.5 Å². The Balaban J connectivity index is 4.66. The first kappa shape index (κ1) is 11.9. The minimum atomic E-state index is 0.664. The third-order valence-electron chi connectivity index (χ3n) is 2.03. The standard InChI is InChI=1S/C12H19N/c1-5-7-9-12(11(4)13)10(3)8-6-2/h8,13H,2,5,7,9H2,1,3-4H3. The highest BCUT2D eigenvalue weighted by molar-refractivity contribution is 5.96. The zero-order valence-corrected chi connectivity index (χ0v) is 8.91. The number of rotatable bonds is 5. The van der Waals surface area contributed by atoms with E-state index in [1.54, 1.807) is 0 Å². The summed E-state index contributed by atoms with van der Waals surface area (Å²) in [4.78, 5) is 0. The van der Waals surface area contributed by atoms with Gasteiger partial charge in [0.1, 0.15) is 0 Å². The third-order valence-corrected chi connectivity index (χ3v) is 2.03. The molecule has 13 heavy (non-hydrogen) atoms. The van der Waals surface area contributed by atoms with E-state index in [2.05, 4.69) is 19.2 Å². The van der Waals surface area contributed by atoms with Gasteiger partial charge in [0.05, 0.1) is 0 Å². The minimum Gasteiger partial charge on any atom is -0.305 e. The smallest absolute Gasteiger partial charge is 0.0317 e. The largest absolute Gasteiger partial charge is 0.305 e. The van der Waals surface area contributed by atoms with Gasteiger partial charge < -0.3 is 5.41 Å². The van der Waals surface area contributed by atoms with E-state index in [1.165, 1.54) is 6.42 Å². The molecule has 72 valence electrons. The van der Waals surface area contributed by atoms with Crippen LogP contribution in [0.25, 0.3) is 0 Å². The normalized spacial score (nSPS) is 11.6. The fourth-order valence-corrected chi connectivity index (χ4v) is 1.27. The summed E-state index contributed by atoms with van der Waals surface area (Å²) in [6.45, 7) is 9.55. The van der Waals surface area contributed by atoms with Crippen LogP contribution in [0.3, 0.4) is 0 Å². The summed E-state index contributed by atoms with van der Waals surface area (Å²) in [7, 11) is 0. The highest BCUT2D eigenvalue weighted by Gasteiger charge is 2.02. The van der Waals surface area contributed by atoms with Crippen LogP contribution in [0.2, 0.25) is 0 Å². The van der Waals surface area contributed by atoms with Gasteiger partial charge in [-0.1, -0.05) is 19.9 Å². The first-order valence-electron chi connectivity index (χ1n) is 4.74. The molecule has 1 heteroatoms. The quantitative estimate of drug-likeness (QED) is 0.374. The zero-order chi connectivity index (χ0) is 10.3. The molecule has 0 radical (unpaired) electrons. The Morgan fingerprint density at radius 1 is 1.46 bits per heavy atom. The maximum Gasteiger partial charge on any atom is 0.0317 e. The average Bonchev–Trinajstić information content (AvgIpc) is 2.05. The van der Waals surface area contributed by atoms with Gasteiger partial charge >= 0.3 is 0 Å². The molecule has 0 atom stereocenters. The molecule has 0 fully saturated rings. The van der Waals surface area contributed by atoms with Crippen LogP contribution in [0.4, 0.5) is 0 Å². The number of hydrogen-bond acceptors (Lipinski definition) is 1. The predicted molar refractivity (Wildman–Crippen MR) is 59.3 cm³/mol. The molecule has 0 spiro atoms. The number of hydrogen-bond donors (Lipinski definition) is 1. The Labute approximate surface area is 81.4 Å². The monoisotopic (exact) mass is 177 g/mol. The van der Waals surface area contributed by atoms with Crippen molar-refractivity contribution in [3.63, 3.8) is 0 Å². The van der Waals surface area contributed by atoms with Gasteiger partial charge in [0.2, 0.25) is 0 Å². The molecular weight excluding hydrogens is 158 g/mol. The van der Waals surface area contributed by atoms with Crippen molar-refractivity contribution in [1.82, 2.24) is 0 Å².